The van der Waals surface area contributed by atoms with Crippen molar-refractivity contribution in [1.29, 1.82) is 0 Å². The average Bonchev–Trinajstić information content (AvgIpc) is 3.30. The maximum Gasteiger partial charge on any atom is 0.341 e. The molecule has 0 unspecified atom stereocenters. The van der Waals surface area contributed by atoms with Crippen LogP contribution in [-0.2, 0) is 9.53 Å². The number of hydrogen-bond acceptors (Lipinski definition) is 5. The second-order valence-electron chi connectivity index (χ2n) is 5.19. The number of anilines is 1. The van der Waals surface area contributed by atoms with Gasteiger partial charge in [0.2, 0.25) is 5.91 Å². The Labute approximate surface area is 158 Å². The molecule has 0 saturated heterocycles. The van der Waals surface area contributed by atoms with Gasteiger partial charge in [-0.05, 0) is 35.9 Å². The van der Waals surface area contributed by atoms with E-state index in [1.54, 1.807) is 47.9 Å². The van der Waals surface area contributed by atoms with Crippen molar-refractivity contribution < 1.29 is 18.7 Å². The molecular weight excluding hydrogens is 374 g/mol. The van der Waals surface area contributed by atoms with Crippen LogP contribution in [0.1, 0.15) is 16.1 Å². The van der Waals surface area contributed by atoms with Crippen molar-refractivity contribution >= 4 is 45.9 Å². The second-order valence-corrected chi connectivity index (χ2v) is 6.51. The molecule has 26 heavy (non-hydrogen) atoms. The molecule has 0 radical (unpaired) electrons. The zero-order valence-corrected chi connectivity index (χ0v) is 15.3. The molecule has 1 amide bonds. The predicted molar refractivity (Wildman–Crippen MR) is 102 cm³/mol. The fourth-order valence-corrected chi connectivity index (χ4v) is 3.38. The fraction of sp³-hybridized carbons (Fsp3) is 0.0526. The number of halogens is 1. The van der Waals surface area contributed by atoms with E-state index in [4.69, 9.17) is 20.8 Å². The van der Waals surface area contributed by atoms with Crippen molar-refractivity contribution in [3.8, 4) is 11.1 Å². The van der Waals surface area contributed by atoms with Crippen molar-refractivity contribution in [2.24, 2.45) is 0 Å². The van der Waals surface area contributed by atoms with E-state index in [1.807, 2.05) is 0 Å². The largest absolute Gasteiger partial charge is 0.465 e. The first kappa shape index (κ1) is 18.0. The molecule has 0 fully saturated rings. The monoisotopic (exact) mass is 387 g/mol. The summed E-state index contributed by atoms with van der Waals surface area (Å²) in [5.74, 6) is -0.348. The van der Waals surface area contributed by atoms with Gasteiger partial charge in [0.25, 0.3) is 0 Å². The van der Waals surface area contributed by atoms with Gasteiger partial charge in [-0.2, -0.15) is 0 Å². The lowest BCUT2D eigenvalue weighted by Crippen LogP contribution is -2.11. The number of nitrogens with one attached hydrogen (secondary N) is 1. The highest BCUT2D eigenvalue weighted by Crippen LogP contribution is 2.36. The number of thiophene rings is 1. The van der Waals surface area contributed by atoms with Crippen LogP contribution >= 0.6 is 22.9 Å². The SMILES string of the molecule is COC(=O)c1c(-c2ccc(Cl)cc2)csc1NC(=O)/C=C/c1ccco1. The molecule has 0 spiro atoms. The highest BCUT2D eigenvalue weighted by Gasteiger charge is 2.21. The summed E-state index contributed by atoms with van der Waals surface area (Å²) in [6.07, 6.45) is 4.40. The molecule has 5 nitrogen and oxygen atoms in total. The minimum absolute atomic E-state index is 0.305. The van der Waals surface area contributed by atoms with Crippen LogP contribution in [-0.4, -0.2) is 19.0 Å². The maximum absolute atomic E-state index is 12.3. The molecule has 132 valence electrons. The molecule has 2 heterocycles. The number of furan rings is 1. The molecule has 0 aliphatic rings. The molecule has 3 aromatic rings. The van der Waals surface area contributed by atoms with Gasteiger partial charge in [-0.15, -0.1) is 11.3 Å². The Hall–Kier alpha value is -2.83. The zero-order valence-electron chi connectivity index (χ0n) is 13.7. The third kappa shape index (κ3) is 4.04. The first-order valence-corrected chi connectivity index (χ1v) is 8.82. The minimum atomic E-state index is -0.526. The van der Waals surface area contributed by atoms with Gasteiger partial charge >= 0.3 is 5.97 Å². The summed E-state index contributed by atoms with van der Waals surface area (Å²) in [7, 11) is 1.30. The number of methoxy groups -OCH3 is 1. The molecule has 0 saturated carbocycles. The highest BCUT2D eigenvalue weighted by atomic mass is 35.5. The van der Waals surface area contributed by atoms with E-state index in [-0.39, 0.29) is 5.91 Å². The zero-order chi connectivity index (χ0) is 18.5. The van der Waals surface area contributed by atoms with Gasteiger partial charge in [0, 0.05) is 22.0 Å². The van der Waals surface area contributed by atoms with Crippen LogP contribution in [0, 0.1) is 0 Å². The molecule has 2 aromatic heterocycles. The average molecular weight is 388 g/mol. The fourth-order valence-electron chi connectivity index (χ4n) is 2.29. The van der Waals surface area contributed by atoms with E-state index in [0.717, 1.165) is 5.56 Å². The summed E-state index contributed by atoms with van der Waals surface area (Å²) in [6, 6.07) is 10.5. The topological polar surface area (TPSA) is 68.5 Å². The number of esters is 1. The summed E-state index contributed by atoms with van der Waals surface area (Å²) in [5.41, 5.74) is 1.78. The summed E-state index contributed by atoms with van der Waals surface area (Å²) >= 11 is 7.17. The van der Waals surface area contributed by atoms with Crippen LogP contribution in [0.15, 0.2) is 58.5 Å². The smallest absolute Gasteiger partial charge is 0.341 e. The Balaban J connectivity index is 1.88. The molecule has 0 atom stereocenters. The molecule has 0 aliphatic carbocycles. The predicted octanol–water partition coefficient (Wildman–Crippen LogP) is 5.10. The van der Waals surface area contributed by atoms with Crippen LogP contribution in [0.3, 0.4) is 0 Å². The number of carbonyl (C=O) groups is 2. The van der Waals surface area contributed by atoms with E-state index in [1.165, 1.54) is 30.8 Å². The summed E-state index contributed by atoms with van der Waals surface area (Å²) in [5, 5.41) is 5.52. The van der Waals surface area contributed by atoms with Gasteiger partial charge in [-0.3, -0.25) is 4.79 Å². The first-order chi connectivity index (χ1) is 12.6. The Morgan fingerprint density at radius 3 is 2.65 bits per heavy atom. The first-order valence-electron chi connectivity index (χ1n) is 7.57. The lowest BCUT2D eigenvalue weighted by atomic mass is 10.0. The van der Waals surface area contributed by atoms with E-state index < -0.39 is 5.97 Å². The standard InChI is InChI=1S/C19H14ClNO4S/c1-24-19(23)17-15(12-4-6-13(20)7-5-12)11-26-18(17)21-16(22)9-8-14-3-2-10-25-14/h2-11H,1H3,(H,21,22)/b9-8+. The van der Waals surface area contributed by atoms with E-state index in [9.17, 15) is 9.59 Å². The molecule has 0 aliphatic heterocycles. The van der Waals surface area contributed by atoms with E-state index in [0.29, 0.717) is 26.9 Å². The molecule has 3 rings (SSSR count). The maximum atomic E-state index is 12.3. The Bertz CT molecular complexity index is 943. The number of rotatable bonds is 5. The van der Waals surface area contributed by atoms with Crippen molar-refractivity contribution in [2.75, 3.05) is 12.4 Å². The van der Waals surface area contributed by atoms with Crippen LogP contribution in [0.2, 0.25) is 5.02 Å². The Morgan fingerprint density at radius 1 is 1.23 bits per heavy atom. The third-order valence-corrected chi connectivity index (χ3v) is 4.66. The highest BCUT2D eigenvalue weighted by molar-refractivity contribution is 7.15. The van der Waals surface area contributed by atoms with Crippen molar-refractivity contribution in [2.45, 2.75) is 0 Å². The van der Waals surface area contributed by atoms with Gasteiger partial charge in [0.05, 0.1) is 13.4 Å². The van der Waals surface area contributed by atoms with Gasteiger partial charge in [0.15, 0.2) is 0 Å². The van der Waals surface area contributed by atoms with Crippen molar-refractivity contribution in [3.63, 3.8) is 0 Å². The third-order valence-electron chi connectivity index (χ3n) is 3.51. The summed E-state index contributed by atoms with van der Waals surface area (Å²) in [6.45, 7) is 0. The Morgan fingerprint density at radius 2 is 2.00 bits per heavy atom. The number of ether oxygens (including phenoxy) is 1. The van der Waals surface area contributed by atoms with Crippen LogP contribution < -0.4 is 5.32 Å². The van der Waals surface area contributed by atoms with Gasteiger partial charge in [-0.1, -0.05) is 23.7 Å². The number of amides is 1. The second kappa shape index (κ2) is 8.03. The quantitative estimate of drug-likeness (QED) is 0.488. The summed E-state index contributed by atoms with van der Waals surface area (Å²) in [4.78, 5) is 24.4. The summed E-state index contributed by atoms with van der Waals surface area (Å²) < 4.78 is 10.0. The molecule has 7 heteroatoms. The number of hydrogen-bond donors (Lipinski definition) is 1. The molecule has 1 N–H and O–H groups in total. The Kier molecular flexibility index (Phi) is 5.55. The number of benzene rings is 1. The molecular formula is C19H14ClNO4S. The lowest BCUT2D eigenvalue weighted by molar-refractivity contribution is -0.111. The molecule has 1 aromatic carbocycles. The van der Waals surface area contributed by atoms with Gasteiger partial charge < -0.3 is 14.5 Å². The van der Waals surface area contributed by atoms with Gasteiger partial charge in [-0.25, -0.2) is 4.79 Å². The van der Waals surface area contributed by atoms with E-state index >= 15 is 0 Å². The van der Waals surface area contributed by atoms with E-state index in [2.05, 4.69) is 5.32 Å². The lowest BCUT2D eigenvalue weighted by Gasteiger charge is -2.06. The normalized spacial score (nSPS) is 10.8. The van der Waals surface area contributed by atoms with Crippen molar-refractivity contribution in [1.82, 2.24) is 0 Å². The minimum Gasteiger partial charge on any atom is -0.465 e. The van der Waals surface area contributed by atoms with Crippen LogP contribution in [0.4, 0.5) is 5.00 Å². The van der Waals surface area contributed by atoms with Crippen LogP contribution in [0.5, 0.6) is 0 Å². The number of carbonyl (C=O) groups excluding carboxylic acids is 2. The van der Waals surface area contributed by atoms with Crippen molar-refractivity contribution in [3.05, 3.63) is 70.5 Å². The van der Waals surface area contributed by atoms with Crippen LogP contribution in [0.25, 0.3) is 17.2 Å². The van der Waals surface area contributed by atoms with Gasteiger partial charge in [0.1, 0.15) is 16.3 Å². The molecule has 0 bridgehead atoms.